The number of halogens is 2. The first-order chi connectivity index (χ1) is 20.4. The molecule has 0 fully saturated rings. The lowest BCUT2D eigenvalue weighted by Crippen LogP contribution is -2.24. The Hall–Kier alpha value is -4.88. The maximum atomic E-state index is 15.2. The standard InChI is InChI=1S/C28H24ClFN8O4/c1-41-10-11-42-28(40)32-19-5-2-16(3-6-19)27-33-25(26(30)34-27)23-9-7-20-12-17(13-24(39)38(20)23)21-14-18(29)4-8-22(21)37-15-31-35-36-37/h2-6,8,12-15,23H,7,9-11H2,1H3,(H,32,40)(H,33,34)/t23-/m0/s1. The smallest absolute Gasteiger partial charge is 0.411 e. The fourth-order valence-corrected chi connectivity index (χ4v) is 5.21. The summed E-state index contributed by atoms with van der Waals surface area (Å²) in [5.74, 6) is -0.376. The van der Waals surface area contributed by atoms with E-state index in [2.05, 4.69) is 30.8 Å². The summed E-state index contributed by atoms with van der Waals surface area (Å²) in [5, 5.41) is 14.5. The number of hydrogen-bond donors (Lipinski definition) is 2. The van der Waals surface area contributed by atoms with Crippen molar-refractivity contribution >= 4 is 23.4 Å². The molecule has 6 rings (SSSR count). The van der Waals surface area contributed by atoms with E-state index in [0.717, 1.165) is 5.69 Å². The summed E-state index contributed by atoms with van der Waals surface area (Å²) in [6, 6.07) is 14.8. The Labute approximate surface area is 243 Å². The third kappa shape index (κ3) is 5.39. The minimum absolute atomic E-state index is 0.131. The molecule has 0 unspecified atom stereocenters. The Morgan fingerprint density at radius 1 is 1.14 bits per heavy atom. The van der Waals surface area contributed by atoms with Crippen molar-refractivity contribution in [1.29, 1.82) is 0 Å². The van der Waals surface area contributed by atoms with Crippen LogP contribution >= 0.6 is 11.6 Å². The molecular formula is C28H24ClFN8O4. The first-order valence-corrected chi connectivity index (χ1v) is 13.4. The van der Waals surface area contributed by atoms with Crippen molar-refractivity contribution in [2.24, 2.45) is 0 Å². The van der Waals surface area contributed by atoms with Crippen LogP contribution in [0.1, 0.15) is 23.9 Å². The van der Waals surface area contributed by atoms with Crippen molar-refractivity contribution in [2.45, 2.75) is 18.9 Å². The molecule has 3 aromatic heterocycles. The molecule has 42 heavy (non-hydrogen) atoms. The highest BCUT2D eigenvalue weighted by Crippen LogP contribution is 2.35. The quantitative estimate of drug-likeness (QED) is 0.253. The van der Waals surface area contributed by atoms with Crippen LogP contribution in [0.3, 0.4) is 0 Å². The van der Waals surface area contributed by atoms with Gasteiger partial charge in [0, 0.05) is 40.7 Å². The highest BCUT2D eigenvalue weighted by molar-refractivity contribution is 6.31. The average molecular weight is 591 g/mol. The van der Waals surface area contributed by atoms with Crippen LogP contribution in [0.5, 0.6) is 0 Å². The number of tetrazole rings is 1. The van der Waals surface area contributed by atoms with Crippen molar-refractivity contribution in [2.75, 3.05) is 25.6 Å². The number of pyridine rings is 1. The number of nitrogens with zero attached hydrogens (tertiary/aromatic N) is 6. The van der Waals surface area contributed by atoms with Crippen LogP contribution in [0.4, 0.5) is 14.9 Å². The molecule has 214 valence electrons. The zero-order valence-electron chi connectivity index (χ0n) is 22.3. The normalized spacial score (nSPS) is 14.1. The Balaban J connectivity index is 1.25. The summed E-state index contributed by atoms with van der Waals surface area (Å²) in [4.78, 5) is 32.4. The number of nitrogens with one attached hydrogen (secondary N) is 2. The van der Waals surface area contributed by atoms with Gasteiger partial charge in [-0.15, -0.1) is 5.10 Å². The van der Waals surface area contributed by atoms with Gasteiger partial charge in [0.25, 0.3) is 5.56 Å². The van der Waals surface area contributed by atoms with Gasteiger partial charge >= 0.3 is 6.09 Å². The number of benzene rings is 2. The maximum Gasteiger partial charge on any atom is 0.411 e. The predicted molar refractivity (Wildman–Crippen MR) is 151 cm³/mol. The molecule has 5 aromatic rings. The molecule has 1 amide bonds. The minimum Gasteiger partial charge on any atom is -0.447 e. The zero-order chi connectivity index (χ0) is 29.2. The van der Waals surface area contributed by atoms with Gasteiger partial charge in [0.1, 0.15) is 18.8 Å². The molecule has 0 spiro atoms. The first-order valence-electron chi connectivity index (χ1n) is 13.0. The lowest BCUT2D eigenvalue weighted by Gasteiger charge is -2.15. The number of aromatic amines is 1. The lowest BCUT2D eigenvalue weighted by atomic mass is 10.0. The third-order valence-corrected chi connectivity index (χ3v) is 7.18. The van der Waals surface area contributed by atoms with Crippen LogP contribution in [0.25, 0.3) is 28.2 Å². The predicted octanol–water partition coefficient (Wildman–Crippen LogP) is 4.40. The van der Waals surface area contributed by atoms with Gasteiger partial charge in [0.05, 0.1) is 24.0 Å². The van der Waals surface area contributed by atoms with E-state index in [1.54, 1.807) is 47.0 Å². The molecule has 0 aliphatic carbocycles. The number of hydrogen-bond acceptors (Lipinski definition) is 8. The number of imidazole rings is 1. The van der Waals surface area contributed by atoms with Crippen LogP contribution in [0.15, 0.2) is 65.7 Å². The van der Waals surface area contributed by atoms with Crippen LogP contribution in [0, 0.1) is 5.95 Å². The van der Waals surface area contributed by atoms with E-state index in [9.17, 15) is 9.59 Å². The van der Waals surface area contributed by atoms with Crippen molar-refractivity contribution in [3.8, 4) is 28.2 Å². The minimum atomic E-state index is -0.682. The largest absolute Gasteiger partial charge is 0.447 e. The number of ether oxygens (including phenoxy) is 2. The number of anilines is 1. The van der Waals surface area contributed by atoms with E-state index in [1.165, 1.54) is 24.2 Å². The summed E-state index contributed by atoms with van der Waals surface area (Å²) in [5.41, 5.74) is 3.82. The van der Waals surface area contributed by atoms with Gasteiger partial charge in [-0.3, -0.25) is 10.1 Å². The second-order valence-electron chi connectivity index (χ2n) is 9.53. The van der Waals surface area contributed by atoms with Gasteiger partial charge in [0.2, 0.25) is 5.95 Å². The van der Waals surface area contributed by atoms with E-state index in [0.29, 0.717) is 58.4 Å². The number of aromatic nitrogens is 7. The number of carbonyl (C=O) groups excluding carboxylic acids is 1. The van der Waals surface area contributed by atoms with Crippen molar-refractivity contribution < 1.29 is 18.7 Å². The molecule has 0 radical (unpaired) electrons. The number of H-pyrrole nitrogens is 1. The molecule has 12 nitrogen and oxygen atoms in total. The van der Waals surface area contributed by atoms with E-state index >= 15 is 4.39 Å². The molecule has 1 aliphatic heterocycles. The summed E-state index contributed by atoms with van der Waals surface area (Å²) >= 11 is 6.29. The number of fused-ring (bicyclic) bond motifs is 1. The molecule has 2 aromatic carbocycles. The van der Waals surface area contributed by atoms with E-state index in [4.69, 9.17) is 21.1 Å². The molecular weight excluding hydrogens is 567 g/mol. The SMILES string of the molecule is COCCOC(=O)Nc1ccc(-c2nc(F)c([C@@H]3CCc4cc(-c5cc(Cl)ccc5-n5cnnn5)cc(=O)n43)[nH]2)cc1. The third-order valence-electron chi connectivity index (χ3n) is 6.94. The van der Waals surface area contributed by atoms with Gasteiger partial charge in [-0.05, 0) is 77.4 Å². The molecule has 2 N–H and O–H groups in total. The van der Waals surface area contributed by atoms with Gasteiger partial charge in [-0.25, -0.2) is 9.78 Å². The number of rotatable bonds is 8. The number of methoxy groups -OCH3 is 1. The number of carbonyl (C=O) groups is 1. The maximum absolute atomic E-state index is 15.2. The van der Waals surface area contributed by atoms with Crippen molar-refractivity contribution in [3.05, 3.63) is 93.6 Å². The Morgan fingerprint density at radius 3 is 2.74 bits per heavy atom. The van der Waals surface area contributed by atoms with Crippen molar-refractivity contribution in [1.82, 2.24) is 34.7 Å². The van der Waals surface area contributed by atoms with Gasteiger partial charge in [-0.1, -0.05) is 11.6 Å². The summed E-state index contributed by atoms with van der Waals surface area (Å²) in [6.45, 7) is 0.425. The highest BCUT2D eigenvalue weighted by atomic mass is 35.5. The summed E-state index contributed by atoms with van der Waals surface area (Å²) in [7, 11) is 1.51. The first kappa shape index (κ1) is 27.3. The topological polar surface area (TPSA) is 142 Å². The van der Waals surface area contributed by atoms with E-state index in [1.807, 2.05) is 6.07 Å². The molecule has 4 heterocycles. The second-order valence-corrected chi connectivity index (χ2v) is 9.97. The van der Waals surface area contributed by atoms with Crippen LogP contribution < -0.4 is 10.9 Å². The fourth-order valence-electron chi connectivity index (χ4n) is 5.04. The van der Waals surface area contributed by atoms with Crippen LogP contribution in [-0.2, 0) is 15.9 Å². The Kier molecular flexibility index (Phi) is 7.50. The number of aryl methyl sites for hydroxylation is 1. The molecule has 0 saturated heterocycles. The molecule has 1 aliphatic rings. The Morgan fingerprint density at radius 2 is 1.98 bits per heavy atom. The van der Waals surface area contributed by atoms with Crippen LogP contribution in [0.2, 0.25) is 5.02 Å². The molecule has 1 atom stereocenters. The monoisotopic (exact) mass is 590 g/mol. The van der Waals surface area contributed by atoms with Gasteiger partial charge < -0.3 is 19.0 Å². The summed E-state index contributed by atoms with van der Waals surface area (Å²) in [6.07, 6.45) is 1.93. The van der Waals surface area contributed by atoms with Gasteiger partial charge in [-0.2, -0.15) is 9.07 Å². The lowest BCUT2D eigenvalue weighted by molar-refractivity contribution is 0.107. The van der Waals surface area contributed by atoms with Crippen molar-refractivity contribution in [3.63, 3.8) is 0 Å². The van der Waals surface area contributed by atoms with E-state index < -0.39 is 18.1 Å². The molecule has 0 saturated carbocycles. The zero-order valence-corrected chi connectivity index (χ0v) is 23.0. The van der Waals surface area contributed by atoms with Gasteiger partial charge in [0.15, 0.2) is 0 Å². The van der Waals surface area contributed by atoms with Crippen LogP contribution in [-0.4, -0.2) is 61.2 Å². The highest BCUT2D eigenvalue weighted by Gasteiger charge is 2.30. The molecule has 0 bridgehead atoms. The number of amides is 1. The fraction of sp³-hybridized carbons (Fsp3) is 0.214. The second kappa shape index (κ2) is 11.5. The average Bonchev–Trinajstić information content (AvgIpc) is 3.74. The van der Waals surface area contributed by atoms with E-state index in [-0.39, 0.29) is 17.9 Å². The molecule has 14 heteroatoms. The Bertz CT molecular complexity index is 1800. The summed E-state index contributed by atoms with van der Waals surface area (Å²) < 4.78 is 28.1.